The van der Waals surface area contributed by atoms with Gasteiger partial charge < -0.3 is 25.0 Å². The second-order valence-corrected chi connectivity index (χ2v) is 4.09. The van der Waals surface area contributed by atoms with Crippen LogP contribution in [0.15, 0.2) is 24.3 Å². The van der Waals surface area contributed by atoms with Crippen LogP contribution in [-0.4, -0.2) is 54.3 Å². The van der Waals surface area contributed by atoms with E-state index in [1.54, 1.807) is 6.92 Å². The van der Waals surface area contributed by atoms with E-state index in [1.165, 1.54) is 0 Å². The molecule has 1 aromatic rings. The number of benzene rings is 1. The Bertz CT molecular complexity index is 338. The third-order valence-corrected chi connectivity index (χ3v) is 2.41. The van der Waals surface area contributed by atoms with Gasteiger partial charge in [0, 0.05) is 24.8 Å². The van der Waals surface area contributed by atoms with Crippen LogP contribution in [0.2, 0.25) is 0 Å². The molecular formula is C13H21NO4. The molecule has 0 radical (unpaired) electrons. The van der Waals surface area contributed by atoms with Crippen molar-refractivity contribution in [2.45, 2.75) is 13.0 Å². The highest BCUT2D eigenvalue weighted by molar-refractivity contribution is 5.50. The average molecular weight is 255 g/mol. The number of aliphatic hydroxyl groups excluding tert-OH is 3. The lowest BCUT2D eigenvalue weighted by Crippen LogP contribution is -2.29. The first kappa shape index (κ1) is 14.8. The van der Waals surface area contributed by atoms with Gasteiger partial charge in [0.05, 0.1) is 19.3 Å². The minimum atomic E-state index is -0.514. The molecule has 1 unspecified atom stereocenters. The van der Waals surface area contributed by atoms with E-state index in [4.69, 9.17) is 20.1 Å². The lowest BCUT2D eigenvalue weighted by Gasteiger charge is -2.23. The van der Waals surface area contributed by atoms with E-state index in [0.29, 0.717) is 18.8 Å². The molecular weight excluding hydrogens is 234 g/mol. The Balaban J connectivity index is 2.71. The Hall–Kier alpha value is -1.30. The van der Waals surface area contributed by atoms with Crippen molar-refractivity contribution in [2.75, 3.05) is 37.8 Å². The molecule has 0 heterocycles. The molecule has 0 aliphatic rings. The van der Waals surface area contributed by atoms with Gasteiger partial charge >= 0.3 is 0 Å². The molecule has 0 bridgehead atoms. The normalized spacial score (nSPS) is 12.2. The molecule has 0 saturated carbocycles. The van der Waals surface area contributed by atoms with Crippen molar-refractivity contribution in [3.05, 3.63) is 24.3 Å². The fraction of sp³-hybridized carbons (Fsp3) is 0.538. The number of hydrogen-bond acceptors (Lipinski definition) is 5. The first-order valence-corrected chi connectivity index (χ1v) is 6.05. The van der Waals surface area contributed by atoms with Crippen molar-refractivity contribution in [3.8, 4) is 5.75 Å². The van der Waals surface area contributed by atoms with Crippen LogP contribution < -0.4 is 9.64 Å². The maximum Gasteiger partial charge on any atom is 0.121 e. The third kappa shape index (κ3) is 4.91. The summed E-state index contributed by atoms with van der Waals surface area (Å²) in [6.45, 7) is 2.87. The minimum absolute atomic E-state index is 0.0265. The van der Waals surface area contributed by atoms with E-state index in [2.05, 4.69) is 0 Å². The molecule has 3 N–H and O–H groups in total. The SMILES string of the molecule is CC(O)COc1cccc(N(CCO)CCO)c1. The van der Waals surface area contributed by atoms with E-state index >= 15 is 0 Å². The van der Waals surface area contributed by atoms with Gasteiger partial charge in [-0.2, -0.15) is 0 Å². The van der Waals surface area contributed by atoms with Gasteiger partial charge in [-0.3, -0.25) is 0 Å². The second kappa shape index (κ2) is 7.92. The summed E-state index contributed by atoms with van der Waals surface area (Å²) in [5.41, 5.74) is 0.876. The minimum Gasteiger partial charge on any atom is -0.491 e. The molecule has 102 valence electrons. The fourth-order valence-electron chi connectivity index (χ4n) is 1.60. The first-order chi connectivity index (χ1) is 8.67. The van der Waals surface area contributed by atoms with E-state index < -0.39 is 6.10 Å². The van der Waals surface area contributed by atoms with Crippen LogP contribution in [0.5, 0.6) is 5.75 Å². The third-order valence-electron chi connectivity index (χ3n) is 2.41. The van der Waals surface area contributed by atoms with Crippen LogP contribution >= 0.6 is 0 Å². The van der Waals surface area contributed by atoms with Crippen molar-refractivity contribution < 1.29 is 20.1 Å². The van der Waals surface area contributed by atoms with Crippen LogP contribution in [0, 0.1) is 0 Å². The predicted molar refractivity (Wildman–Crippen MR) is 70.0 cm³/mol. The highest BCUT2D eigenvalue weighted by atomic mass is 16.5. The standard InChI is InChI=1S/C13H21NO4/c1-11(17)10-18-13-4-2-3-12(9-13)14(5-7-15)6-8-16/h2-4,9,11,15-17H,5-8,10H2,1H3. The Labute approximate surface area is 107 Å². The molecule has 0 spiro atoms. The van der Waals surface area contributed by atoms with Gasteiger partial charge in [0.1, 0.15) is 12.4 Å². The summed E-state index contributed by atoms with van der Waals surface area (Å²) in [5.74, 6) is 0.661. The van der Waals surface area contributed by atoms with Gasteiger partial charge in [-0.1, -0.05) is 6.07 Å². The highest BCUT2D eigenvalue weighted by Crippen LogP contribution is 2.21. The van der Waals surface area contributed by atoms with Gasteiger partial charge in [-0.05, 0) is 19.1 Å². The smallest absolute Gasteiger partial charge is 0.121 e. The summed E-state index contributed by atoms with van der Waals surface area (Å²) >= 11 is 0. The maximum atomic E-state index is 9.16. The number of aliphatic hydroxyl groups is 3. The highest BCUT2D eigenvalue weighted by Gasteiger charge is 2.06. The zero-order valence-electron chi connectivity index (χ0n) is 10.6. The van der Waals surface area contributed by atoms with Gasteiger partial charge in [-0.15, -0.1) is 0 Å². The Kier molecular flexibility index (Phi) is 6.49. The molecule has 18 heavy (non-hydrogen) atoms. The van der Waals surface area contributed by atoms with E-state index in [1.807, 2.05) is 29.2 Å². The molecule has 0 aliphatic carbocycles. The molecule has 0 fully saturated rings. The molecule has 5 nitrogen and oxygen atoms in total. The molecule has 5 heteroatoms. The Morgan fingerprint density at radius 3 is 2.44 bits per heavy atom. The summed E-state index contributed by atoms with van der Waals surface area (Å²) in [6.07, 6.45) is -0.514. The predicted octanol–water partition coefficient (Wildman–Crippen LogP) is 0.237. The van der Waals surface area contributed by atoms with Gasteiger partial charge in [0.2, 0.25) is 0 Å². The monoisotopic (exact) mass is 255 g/mol. The number of anilines is 1. The summed E-state index contributed by atoms with van der Waals surface area (Å²) in [5, 5.41) is 27.1. The van der Waals surface area contributed by atoms with Crippen molar-refractivity contribution in [1.82, 2.24) is 0 Å². The van der Waals surface area contributed by atoms with Crippen molar-refractivity contribution >= 4 is 5.69 Å². The van der Waals surface area contributed by atoms with Gasteiger partial charge in [0.25, 0.3) is 0 Å². The molecule has 0 aliphatic heterocycles. The quantitative estimate of drug-likeness (QED) is 0.620. The lowest BCUT2D eigenvalue weighted by molar-refractivity contribution is 0.123. The maximum absolute atomic E-state index is 9.16. The lowest BCUT2D eigenvalue weighted by atomic mass is 10.2. The largest absolute Gasteiger partial charge is 0.491 e. The van der Waals surface area contributed by atoms with E-state index in [9.17, 15) is 0 Å². The number of hydrogen-bond donors (Lipinski definition) is 3. The fourth-order valence-corrected chi connectivity index (χ4v) is 1.60. The molecule has 1 atom stereocenters. The van der Waals surface area contributed by atoms with Crippen molar-refractivity contribution in [1.29, 1.82) is 0 Å². The summed E-state index contributed by atoms with van der Waals surface area (Å²) in [7, 11) is 0. The van der Waals surface area contributed by atoms with Crippen LogP contribution in [0.1, 0.15) is 6.92 Å². The van der Waals surface area contributed by atoms with E-state index in [0.717, 1.165) is 5.69 Å². The zero-order chi connectivity index (χ0) is 13.4. The average Bonchev–Trinajstić information content (AvgIpc) is 2.36. The number of nitrogens with zero attached hydrogens (tertiary/aromatic N) is 1. The molecule has 0 aromatic heterocycles. The number of rotatable bonds is 8. The van der Waals surface area contributed by atoms with Crippen molar-refractivity contribution in [2.24, 2.45) is 0 Å². The zero-order valence-corrected chi connectivity index (χ0v) is 10.6. The number of ether oxygens (including phenoxy) is 1. The van der Waals surface area contributed by atoms with Crippen LogP contribution in [0.3, 0.4) is 0 Å². The van der Waals surface area contributed by atoms with Crippen LogP contribution in [0.25, 0.3) is 0 Å². The Morgan fingerprint density at radius 1 is 1.22 bits per heavy atom. The molecule has 0 saturated heterocycles. The summed E-state index contributed by atoms with van der Waals surface area (Å²) < 4.78 is 5.41. The van der Waals surface area contributed by atoms with Crippen LogP contribution in [-0.2, 0) is 0 Å². The van der Waals surface area contributed by atoms with Gasteiger partial charge in [0.15, 0.2) is 0 Å². The summed E-state index contributed by atoms with van der Waals surface area (Å²) in [4.78, 5) is 1.87. The molecule has 1 rings (SSSR count). The van der Waals surface area contributed by atoms with Gasteiger partial charge in [-0.25, -0.2) is 0 Å². The van der Waals surface area contributed by atoms with Crippen molar-refractivity contribution in [3.63, 3.8) is 0 Å². The second-order valence-electron chi connectivity index (χ2n) is 4.09. The first-order valence-electron chi connectivity index (χ1n) is 6.05. The molecule has 0 amide bonds. The topological polar surface area (TPSA) is 73.2 Å². The van der Waals surface area contributed by atoms with Crippen LogP contribution in [0.4, 0.5) is 5.69 Å². The Morgan fingerprint density at radius 2 is 1.89 bits per heavy atom. The van der Waals surface area contributed by atoms with E-state index in [-0.39, 0.29) is 19.8 Å². The summed E-state index contributed by atoms with van der Waals surface area (Å²) in [6, 6.07) is 7.37. The molecule has 1 aromatic carbocycles.